The topological polar surface area (TPSA) is 339 Å². The number of aliphatic carboxylic acids is 1. The smallest absolute Gasteiger partial charge is 0.408 e. The Morgan fingerprint density at radius 2 is 0.755 bits per heavy atom. The van der Waals surface area contributed by atoms with Gasteiger partial charge in [0.05, 0.1) is 51.9 Å². The molecule has 6 heterocycles. The molecule has 5 amide bonds. The van der Waals surface area contributed by atoms with Gasteiger partial charge in [-0.3, -0.25) is 34.1 Å². The lowest BCUT2D eigenvalue weighted by Crippen LogP contribution is -2.49. The van der Waals surface area contributed by atoms with Crippen LogP contribution >= 0.6 is 34.0 Å². The summed E-state index contributed by atoms with van der Waals surface area (Å²) in [4.78, 5) is 112. The molecule has 0 radical (unpaired) electrons. The van der Waals surface area contributed by atoms with Crippen molar-refractivity contribution in [2.24, 2.45) is 5.73 Å². The van der Waals surface area contributed by atoms with Gasteiger partial charge in [-0.15, -0.1) is 34.0 Å². The van der Waals surface area contributed by atoms with E-state index in [1.165, 1.54) is 23.7 Å². The van der Waals surface area contributed by atoms with Crippen molar-refractivity contribution in [3.05, 3.63) is 230 Å². The number of benzene rings is 4. The highest BCUT2D eigenvalue weighted by atomic mass is 32.1. The molecule has 0 aliphatic heterocycles. The maximum atomic E-state index is 13.3. The number of carbonyl (C=O) groups is 8. The standard InChI is InChI=1S/C27H24FN3O5S.C27H25N3O6S.C12H12FN3O3S/c28-14-20-11-12-29-21-13-23(37-24(20)21)25(32)30-15-22(26(33)35-16-18-7-3-1-4-8-18)31-27(34)36-17-19-9-5-2-6-10-19;31-15-20-11-12-28-21-13-23(37-24(20)21)25(32)29-14-22(26(33)35-16-18-7-3-1-4-8-18)30-27(34)36-17-19-9-5-2-6-10-19;13-4-6-1-2-15-8-3-9(20-10(6)8)11(17)16-5-7(14)12(18)19/h1-13,22H,14-17H2,(H,30,32)(H,31,34);1-13,22,31H,14-17H2,(H,29,32)(H,30,34);1-3,7H,4-5,14H2,(H,16,17)(H,18,19)/t2*22-;7-/m111/s1. The number of fused-ring (bicyclic) bond motifs is 3. The molecular weight excluding hydrogens is 1280 g/mol. The number of ether oxygens (including phenoxy) is 4. The van der Waals surface area contributed by atoms with Crippen molar-refractivity contribution in [1.82, 2.24) is 41.5 Å². The average Bonchev–Trinajstić information content (AvgIpc) is 1.70. The summed E-state index contributed by atoms with van der Waals surface area (Å²) in [6.07, 6.45) is 2.87. The Morgan fingerprint density at radius 1 is 0.447 bits per heavy atom. The molecule has 0 saturated carbocycles. The number of nitrogens with two attached hydrogens (primary N) is 1. The van der Waals surface area contributed by atoms with E-state index in [1.54, 1.807) is 79.0 Å². The summed E-state index contributed by atoms with van der Waals surface area (Å²) in [5.41, 5.74) is 11.6. The Morgan fingerprint density at radius 3 is 1.07 bits per heavy atom. The third kappa shape index (κ3) is 20.4. The predicted molar refractivity (Wildman–Crippen MR) is 347 cm³/mol. The number of aliphatic hydroxyl groups excluding tert-OH is 1. The Kier molecular flexibility index (Phi) is 26.0. The summed E-state index contributed by atoms with van der Waals surface area (Å²) in [6.45, 7) is -2.09. The van der Waals surface area contributed by atoms with Gasteiger partial charge in [-0.05, 0) is 64.2 Å². The second-order valence-electron chi connectivity index (χ2n) is 20.1. The van der Waals surface area contributed by atoms with E-state index in [2.05, 4.69) is 41.5 Å². The maximum Gasteiger partial charge on any atom is 0.408 e. The summed E-state index contributed by atoms with van der Waals surface area (Å²) in [5.74, 6) is -4.04. The molecule has 0 fully saturated rings. The molecule has 28 heteroatoms. The van der Waals surface area contributed by atoms with E-state index in [0.29, 0.717) is 62.0 Å². The van der Waals surface area contributed by atoms with E-state index >= 15 is 0 Å². The van der Waals surface area contributed by atoms with Gasteiger partial charge < -0.3 is 61.5 Å². The Balaban J connectivity index is 0.000000189. The molecule has 23 nitrogen and oxygen atoms in total. The second kappa shape index (κ2) is 35.2. The van der Waals surface area contributed by atoms with Crippen molar-refractivity contribution in [1.29, 1.82) is 0 Å². The van der Waals surface area contributed by atoms with Crippen molar-refractivity contribution in [3.63, 3.8) is 0 Å². The number of alkyl carbamates (subject to hydrolysis) is 2. The molecule has 6 aromatic heterocycles. The van der Waals surface area contributed by atoms with Crippen LogP contribution in [0.4, 0.5) is 18.4 Å². The van der Waals surface area contributed by atoms with E-state index in [4.69, 9.17) is 29.8 Å². The summed E-state index contributed by atoms with van der Waals surface area (Å²) in [5, 5.41) is 30.8. The first-order valence-electron chi connectivity index (χ1n) is 28.6. The highest BCUT2D eigenvalue weighted by Gasteiger charge is 2.27. The number of amides is 5. The molecule has 10 rings (SSSR count). The monoisotopic (exact) mass is 1340 g/mol. The number of thiophene rings is 3. The quantitative estimate of drug-likeness (QED) is 0.0195. The van der Waals surface area contributed by atoms with Crippen LogP contribution in [0.5, 0.6) is 0 Å². The number of alkyl halides is 2. The third-order valence-corrected chi connectivity index (χ3v) is 17.0. The number of halogens is 2. The second-order valence-corrected chi connectivity index (χ2v) is 23.2. The Bertz CT molecular complexity index is 4000. The molecular formula is C66H61F2N9O14S3. The van der Waals surface area contributed by atoms with Gasteiger partial charge in [0.2, 0.25) is 0 Å². The molecule has 0 aliphatic rings. The lowest BCUT2D eigenvalue weighted by atomic mass is 10.2. The third-order valence-electron chi connectivity index (χ3n) is 13.4. The molecule has 10 aromatic rings. The van der Waals surface area contributed by atoms with Gasteiger partial charge in [0.25, 0.3) is 17.7 Å². The van der Waals surface area contributed by atoms with Crippen LogP contribution in [-0.2, 0) is 79.7 Å². The SMILES string of the molecule is N[C@H](CNC(=O)c1cc2nccc(CF)c2s1)C(=O)O.O=C(N[C@H](CNC(=O)c1cc2nccc(CF)c2s1)C(=O)OCc1ccccc1)OCc1ccccc1.O=C(N[C@H](CNC(=O)c1cc2nccc(CO)c2s1)C(=O)OCc1ccccc1)OCc1ccccc1. The molecule has 4 aromatic carbocycles. The molecule has 486 valence electrons. The maximum absolute atomic E-state index is 13.3. The predicted octanol–water partition coefficient (Wildman–Crippen LogP) is 9.00. The molecule has 0 aliphatic carbocycles. The molecule has 3 atom stereocenters. The zero-order valence-corrected chi connectivity index (χ0v) is 52.2. The minimum absolute atomic E-state index is 0.00114. The number of carboxylic acid groups (broad SMARTS) is 1. The summed E-state index contributed by atoms with van der Waals surface area (Å²) in [7, 11) is 0. The number of rotatable bonds is 25. The summed E-state index contributed by atoms with van der Waals surface area (Å²) >= 11 is 3.40. The molecule has 0 unspecified atom stereocenters. The molecule has 0 spiro atoms. The van der Waals surface area contributed by atoms with Crippen molar-refractivity contribution in [2.75, 3.05) is 19.6 Å². The average molecular weight is 1340 g/mol. The molecule has 0 bridgehead atoms. The van der Waals surface area contributed by atoms with Crippen molar-refractivity contribution in [3.8, 4) is 0 Å². The van der Waals surface area contributed by atoms with Crippen LogP contribution in [0, 0.1) is 0 Å². The number of nitrogens with one attached hydrogen (secondary N) is 5. The molecule has 0 saturated heterocycles. The number of carbonyl (C=O) groups excluding carboxylic acids is 7. The number of hydrogen-bond donors (Lipinski definition) is 8. The fourth-order valence-corrected chi connectivity index (χ4v) is 11.5. The van der Waals surface area contributed by atoms with Gasteiger partial charge in [0.15, 0.2) is 0 Å². The van der Waals surface area contributed by atoms with Crippen LogP contribution < -0.4 is 32.3 Å². The van der Waals surface area contributed by atoms with E-state index in [-0.39, 0.29) is 52.7 Å². The zero-order valence-electron chi connectivity index (χ0n) is 49.7. The number of nitrogens with zero attached hydrogens (tertiary/aromatic N) is 3. The molecule has 94 heavy (non-hydrogen) atoms. The van der Waals surface area contributed by atoms with Gasteiger partial charge in [0.1, 0.15) is 57.9 Å². The number of aromatic nitrogens is 3. The zero-order chi connectivity index (χ0) is 66.8. The minimum atomic E-state index is -1.20. The first-order chi connectivity index (χ1) is 45.6. The lowest BCUT2D eigenvalue weighted by molar-refractivity contribution is -0.148. The number of pyridine rings is 3. The van der Waals surface area contributed by atoms with Crippen LogP contribution in [0.2, 0.25) is 0 Å². The van der Waals surface area contributed by atoms with E-state index < -0.39 is 79.3 Å². The van der Waals surface area contributed by atoms with Crippen LogP contribution in [0.1, 0.15) is 68.0 Å². The van der Waals surface area contributed by atoms with E-state index in [1.807, 2.05) is 84.9 Å². The van der Waals surface area contributed by atoms with Crippen LogP contribution in [-0.4, -0.2) is 111 Å². The molecule has 9 N–H and O–H groups in total. The van der Waals surface area contributed by atoms with Gasteiger partial charge in [-0.25, -0.2) is 28.0 Å². The Hall–Kier alpha value is -10.7. The van der Waals surface area contributed by atoms with Crippen molar-refractivity contribution >= 4 is 112 Å². The van der Waals surface area contributed by atoms with E-state index in [0.717, 1.165) is 44.9 Å². The largest absolute Gasteiger partial charge is 0.480 e. The van der Waals surface area contributed by atoms with Crippen LogP contribution in [0.3, 0.4) is 0 Å². The Labute approximate surface area is 547 Å². The number of carboxylic acids is 1. The summed E-state index contributed by atoms with van der Waals surface area (Å²) < 4.78 is 49.2. The van der Waals surface area contributed by atoms with Crippen LogP contribution in [0.15, 0.2) is 176 Å². The van der Waals surface area contributed by atoms with E-state index in [9.17, 15) is 52.2 Å². The van der Waals surface area contributed by atoms with Gasteiger partial charge >= 0.3 is 30.1 Å². The minimum Gasteiger partial charge on any atom is -0.480 e. The lowest BCUT2D eigenvalue weighted by Gasteiger charge is -2.18. The fourth-order valence-electron chi connectivity index (χ4n) is 8.44. The highest BCUT2D eigenvalue weighted by molar-refractivity contribution is 7.21. The fraction of sp³-hybridized carbons (Fsp3) is 0.197. The number of esters is 2. The first kappa shape index (κ1) is 69.2. The van der Waals surface area contributed by atoms with Gasteiger partial charge in [-0.2, -0.15) is 0 Å². The number of hydrogen-bond acceptors (Lipinski definition) is 20. The van der Waals surface area contributed by atoms with Gasteiger partial charge in [-0.1, -0.05) is 121 Å². The van der Waals surface area contributed by atoms with Crippen LogP contribution in [0.25, 0.3) is 30.6 Å². The first-order valence-corrected chi connectivity index (χ1v) is 31.1. The number of aliphatic hydroxyl groups is 1. The van der Waals surface area contributed by atoms with Crippen molar-refractivity contribution in [2.45, 2.75) is 64.5 Å². The van der Waals surface area contributed by atoms with Crippen molar-refractivity contribution < 1.29 is 76.3 Å². The highest BCUT2D eigenvalue weighted by Crippen LogP contribution is 2.30. The summed E-state index contributed by atoms with van der Waals surface area (Å²) in [6, 6.07) is 42.3. The normalized spacial score (nSPS) is 11.7. The van der Waals surface area contributed by atoms with Gasteiger partial charge in [0, 0.05) is 49.4 Å².